The number of carboxylic acids is 1. The van der Waals surface area contributed by atoms with Crippen LogP contribution in [0.1, 0.15) is 24.1 Å². The van der Waals surface area contributed by atoms with Crippen molar-refractivity contribution in [3.8, 4) is 0 Å². The molecule has 2 N–H and O–H groups in total. The van der Waals surface area contributed by atoms with Gasteiger partial charge in [-0.15, -0.1) is 0 Å². The van der Waals surface area contributed by atoms with Gasteiger partial charge in [0.25, 0.3) is 0 Å². The normalized spacial score (nSPS) is 15.2. The number of aromatic nitrogens is 2. The number of hydrogen-bond donors (Lipinski definition) is 2. The number of carbonyl (C=O) groups is 2. The SMILES string of the molecule is O=C(NC(Cc1cn(Cc2ccccc2)cn1)C(=O)O)C1CCN(c2cc(Cl)cc(Cl)c2)CC1. The van der Waals surface area contributed by atoms with Gasteiger partial charge in [-0.05, 0) is 36.6 Å². The molecule has 1 aromatic heterocycles. The van der Waals surface area contributed by atoms with Gasteiger partial charge >= 0.3 is 5.97 Å². The van der Waals surface area contributed by atoms with E-state index in [2.05, 4.69) is 15.2 Å². The highest BCUT2D eigenvalue weighted by Crippen LogP contribution is 2.29. The van der Waals surface area contributed by atoms with Crippen molar-refractivity contribution in [3.05, 3.63) is 82.4 Å². The molecule has 1 saturated heterocycles. The van der Waals surface area contributed by atoms with E-state index in [1.165, 1.54) is 0 Å². The lowest BCUT2D eigenvalue weighted by Gasteiger charge is -2.33. The summed E-state index contributed by atoms with van der Waals surface area (Å²) in [5, 5.41) is 13.5. The average Bonchev–Trinajstić information content (AvgIpc) is 3.25. The van der Waals surface area contributed by atoms with Crippen LogP contribution in [0, 0.1) is 5.92 Å². The number of nitrogens with one attached hydrogen (secondary N) is 1. The van der Waals surface area contributed by atoms with Gasteiger partial charge in [-0.1, -0.05) is 53.5 Å². The number of aliphatic carboxylic acids is 1. The molecule has 1 aliphatic heterocycles. The lowest BCUT2D eigenvalue weighted by Crippen LogP contribution is -2.47. The van der Waals surface area contributed by atoms with Crippen LogP contribution in [0.4, 0.5) is 5.69 Å². The van der Waals surface area contributed by atoms with Gasteiger partial charge in [-0.25, -0.2) is 9.78 Å². The van der Waals surface area contributed by atoms with Gasteiger partial charge in [0.05, 0.1) is 12.0 Å². The fourth-order valence-electron chi connectivity index (χ4n) is 4.21. The number of nitrogens with zero attached hydrogens (tertiary/aromatic N) is 3. The lowest BCUT2D eigenvalue weighted by atomic mass is 9.95. The molecule has 9 heteroatoms. The Morgan fingerprint density at radius 1 is 1.09 bits per heavy atom. The maximum absolute atomic E-state index is 12.8. The molecule has 0 radical (unpaired) electrons. The zero-order valence-electron chi connectivity index (χ0n) is 18.5. The van der Waals surface area contributed by atoms with Crippen molar-refractivity contribution in [1.29, 1.82) is 0 Å². The van der Waals surface area contributed by atoms with Gasteiger partial charge in [-0.2, -0.15) is 0 Å². The topological polar surface area (TPSA) is 87.5 Å². The minimum absolute atomic E-state index is 0.128. The highest BCUT2D eigenvalue weighted by molar-refractivity contribution is 6.35. The Bertz CT molecular complexity index is 1120. The van der Waals surface area contributed by atoms with Crippen LogP contribution in [-0.4, -0.2) is 45.7 Å². The molecule has 1 unspecified atom stereocenters. The fourth-order valence-corrected chi connectivity index (χ4v) is 4.73. The van der Waals surface area contributed by atoms with Gasteiger partial charge in [0.2, 0.25) is 5.91 Å². The number of benzene rings is 2. The molecule has 34 heavy (non-hydrogen) atoms. The Morgan fingerprint density at radius 2 is 1.76 bits per heavy atom. The fraction of sp³-hybridized carbons (Fsp3) is 0.320. The summed E-state index contributed by atoms with van der Waals surface area (Å²) in [6.45, 7) is 1.97. The van der Waals surface area contributed by atoms with E-state index in [0.29, 0.717) is 48.2 Å². The molecular formula is C25H26Cl2N4O3. The predicted molar refractivity (Wildman–Crippen MR) is 132 cm³/mol. The van der Waals surface area contributed by atoms with E-state index in [4.69, 9.17) is 23.2 Å². The molecule has 2 aromatic carbocycles. The zero-order chi connectivity index (χ0) is 24.1. The summed E-state index contributed by atoms with van der Waals surface area (Å²) in [5.74, 6) is -1.56. The molecule has 1 aliphatic rings. The van der Waals surface area contributed by atoms with Crippen LogP contribution in [-0.2, 0) is 22.6 Å². The number of rotatable bonds is 8. The highest BCUT2D eigenvalue weighted by Gasteiger charge is 2.29. The molecule has 2 heterocycles. The van der Waals surface area contributed by atoms with Crippen LogP contribution < -0.4 is 10.2 Å². The first-order valence-corrected chi connectivity index (χ1v) is 11.9. The molecule has 4 rings (SSSR count). The van der Waals surface area contributed by atoms with Crippen LogP contribution in [0.5, 0.6) is 0 Å². The number of carbonyl (C=O) groups excluding carboxylic acids is 1. The van der Waals surface area contributed by atoms with Crippen molar-refractivity contribution >= 4 is 40.8 Å². The summed E-state index contributed by atoms with van der Waals surface area (Å²) in [7, 11) is 0. The standard InChI is InChI=1S/C25H26Cl2N4O3/c26-19-10-20(27)12-22(11-19)31-8-6-18(7-9-31)24(32)29-23(25(33)34)13-21-15-30(16-28-21)14-17-4-2-1-3-5-17/h1-5,10-12,15-16,18,23H,6-9,13-14H2,(H,29,32)(H,33,34). The quantitative estimate of drug-likeness (QED) is 0.482. The van der Waals surface area contributed by atoms with E-state index < -0.39 is 12.0 Å². The third kappa shape index (κ3) is 6.30. The van der Waals surface area contributed by atoms with Crippen molar-refractivity contribution in [1.82, 2.24) is 14.9 Å². The Labute approximate surface area is 208 Å². The average molecular weight is 501 g/mol. The van der Waals surface area contributed by atoms with E-state index in [1.54, 1.807) is 12.4 Å². The second-order valence-electron chi connectivity index (χ2n) is 8.52. The summed E-state index contributed by atoms with van der Waals surface area (Å²) in [5.41, 5.74) is 2.67. The number of halogens is 2. The van der Waals surface area contributed by atoms with E-state index in [-0.39, 0.29) is 18.2 Å². The Hall–Kier alpha value is -3.03. The molecule has 1 fully saturated rings. The predicted octanol–water partition coefficient (Wildman–Crippen LogP) is 4.27. The largest absolute Gasteiger partial charge is 0.480 e. The second kappa shape index (κ2) is 10.9. The van der Waals surface area contributed by atoms with Crippen LogP contribution in [0.15, 0.2) is 61.1 Å². The smallest absolute Gasteiger partial charge is 0.326 e. The number of carboxylic acid groups (broad SMARTS) is 1. The first-order chi connectivity index (χ1) is 16.4. The van der Waals surface area contributed by atoms with Crippen LogP contribution in [0.2, 0.25) is 10.0 Å². The molecule has 3 aromatic rings. The van der Waals surface area contributed by atoms with E-state index in [1.807, 2.05) is 53.2 Å². The summed E-state index contributed by atoms with van der Waals surface area (Å²) < 4.78 is 1.91. The van der Waals surface area contributed by atoms with Gasteiger partial charge in [0, 0.05) is 53.9 Å². The molecule has 0 bridgehead atoms. The lowest BCUT2D eigenvalue weighted by molar-refractivity contribution is -0.142. The van der Waals surface area contributed by atoms with E-state index in [0.717, 1.165) is 11.3 Å². The van der Waals surface area contributed by atoms with Gasteiger partial charge in [0.1, 0.15) is 6.04 Å². The summed E-state index contributed by atoms with van der Waals surface area (Å²) in [6, 6.07) is 14.3. The number of imidazole rings is 1. The maximum atomic E-state index is 12.8. The molecule has 0 aliphatic carbocycles. The van der Waals surface area contributed by atoms with E-state index in [9.17, 15) is 14.7 Å². The zero-order valence-corrected chi connectivity index (χ0v) is 20.0. The van der Waals surface area contributed by atoms with Gasteiger partial charge in [-0.3, -0.25) is 4.79 Å². The van der Waals surface area contributed by atoms with Crippen molar-refractivity contribution in [3.63, 3.8) is 0 Å². The molecule has 0 spiro atoms. The monoisotopic (exact) mass is 500 g/mol. The van der Waals surface area contributed by atoms with Crippen LogP contribution in [0.3, 0.4) is 0 Å². The van der Waals surface area contributed by atoms with Crippen molar-refractivity contribution in [2.45, 2.75) is 31.8 Å². The van der Waals surface area contributed by atoms with Crippen molar-refractivity contribution < 1.29 is 14.7 Å². The molecular weight excluding hydrogens is 475 g/mol. The minimum atomic E-state index is -1.07. The van der Waals surface area contributed by atoms with Crippen LogP contribution >= 0.6 is 23.2 Å². The Kier molecular flexibility index (Phi) is 7.75. The van der Waals surface area contributed by atoms with Gasteiger partial charge < -0.3 is 19.9 Å². The Morgan fingerprint density at radius 3 is 2.41 bits per heavy atom. The molecule has 1 amide bonds. The molecule has 0 saturated carbocycles. The number of hydrogen-bond acceptors (Lipinski definition) is 4. The first kappa shape index (κ1) is 24.1. The summed E-state index contributed by atoms with van der Waals surface area (Å²) >= 11 is 12.2. The number of piperidine rings is 1. The van der Waals surface area contributed by atoms with Gasteiger partial charge in [0.15, 0.2) is 0 Å². The molecule has 7 nitrogen and oxygen atoms in total. The third-order valence-electron chi connectivity index (χ3n) is 6.00. The number of anilines is 1. The van der Waals surface area contributed by atoms with Crippen molar-refractivity contribution in [2.24, 2.45) is 5.92 Å². The summed E-state index contributed by atoms with van der Waals surface area (Å²) in [6.07, 6.45) is 4.87. The van der Waals surface area contributed by atoms with Crippen LogP contribution in [0.25, 0.3) is 0 Å². The number of amides is 1. The van der Waals surface area contributed by atoms with E-state index >= 15 is 0 Å². The minimum Gasteiger partial charge on any atom is -0.480 e. The Balaban J connectivity index is 1.32. The highest BCUT2D eigenvalue weighted by atomic mass is 35.5. The van der Waals surface area contributed by atoms with Crippen molar-refractivity contribution in [2.75, 3.05) is 18.0 Å². The molecule has 178 valence electrons. The summed E-state index contributed by atoms with van der Waals surface area (Å²) in [4.78, 5) is 31.1. The molecule has 1 atom stereocenters. The second-order valence-corrected chi connectivity index (χ2v) is 9.39. The maximum Gasteiger partial charge on any atom is 0.326 e. The third-order valence-corrected chi connectivity index (χ3v) is 6.44. The first-order valence-electron chi connectivity index (χ1n) is 11.2.